The van der Waals surface area contributed by atoms with Crippen LogP contribution in [0.3, 0.4) is 0 Å². The van der Waals surface area contributed by atoms with Gasteiger partial charge in [0.2, 0.25) is 0 Å². The lowest BCUT2D eigenvalue weighted by atomic mass is 10.0. The summed E-state index contributed by atoms with van der Waals surface area (Å²) >= 11 is 0. The summed E-state index contributed by atoms with van der Waals surface area (Å²) in [4.78, 5) is 0. The normalized spacial score (nSPS) is 10.5. The molecule has 0 unspecified atom stereocenters. The maximum absolute atomic E-state index is 10.2. The molecule has 0 amide bonds. The largest absolute Gasteiger partial charge is 0.507 e. The number of rotatable bonds is 9. The third kappa shape index (κ3) is 5.20. The van der Waals surface area contributed by atoms with Crippen LogP contribution >= 0.6 is 0 Å². The van der Waals surface area contributed by atoms with E-state index < -0.39 is 0 Å². The Labute approximate surface area is 138 Å². The third-order valence-corrected chi connectivity index (χ3v) is 3.67. The third-order valence-electron chi connectivity index (χ3n) is 3.67. The Balaban J connectivity index is 2.03. The molecule has 0 aliphatic rings. The molecule has 2 aromatic rings. The van der Waals surface area contributed by atoms with Crippen LogP contribution < -0.4 is 9.47 Å². The lowest BCUT2D eigenvalue weighted by Crippen LogP contribution is -1.96. The van der Waals surface area contributed by atoms with Crippen molar-refractivity contribution in [2.24, 2.45) is 0 Å². The lowest BCUT2D eigenvalue weighted by molar-refractivity contribution is 0.307. The van der Waals surface area contributed by atoms with Crippen LogP contribution in [0.1, 0.15) is 39.5 Å². The fraction of sp³-hybridized carbons (Fsp3) is 0.400. The van der Waals surface area contributed by atoms with E-state index in [1.54, 1.807) is 6.07 Å². The van der Waals surface area contributed by atoms with Crippen molar-refractivity contribution >= 4 is 0 Å². The number of aromatic hydroxyl groups is 1. The second-order valence-corrected chi connectivity index (χ2v) is 5.61. The highest BCUT2D eigenvalue weighted by Gasteiger charge is 2.06. The smallest absolute Gasteiger partial charge is 0.127 e. The van der Waals surface area contributed by atoms with Gasteiger partial charge in [-0.05, 0) is 42.7 Å². The van der Waals surface area contributed by atoms with Crippen molar-refractivity contribution in [3.8, 4) is 28.4 Å². The van der Waals surface area contributed by atoms with Crippen LogP contribution in [0.25, 0.3) is 11.1 Å². The summed E-state index contributed by atoms with van der Waals surface area (Å²) < 4.78 is 11.3. The molecule has 0 atom stereocenters. The molecule has 0 radical (unpaired) electrons. The standard InChI is InChI=1S/C20H26O3/c1-3-5-13-22-17-9-7-16(8-10-17)19-12-11-18(15-20(19)21)23-14-6-4-2/h7-12,15,21H,3-6,13-14H2,1-2H3. The van der Waals surface area contributed by atoms with Crippen LogP contribution in [0.15, 0.2) is 42.5 Å². The maximum Gasteiger partial charge on any atom is 0.127 e. The highest BCUT2D eigenvalue weighted by molar-refractivity contribution is 5.71. The van der Waals surface area contributed by atoms with E-state index in [9.17, 15) is 5.11 Å². The number of phenols is 1. The summed E-state index contributed by atoms with van der Waals surface area (Å²) in [6, 6.07) is 13.3. The molecule has 3 nitrogen and oxygen atoms in total. The molecular formula is C20H26O3. The number of ether oxygens (including phenoxy) is 2. The molecule has 0 bridgehead atoms. The molecule has 0 aliphatic carbocycles. The van der Waals surface area contributed by atoms with E-state index in [-0.39, 0.29) is 5.75 Å². The Morgan fingerprint density at radius 3 is 1.91 bits per heavy atom. The predicted molar refractivity (Wildman–Crippen MR) is 94.3 cm³/mol. The minimum Gasteiger partial charge on any atom is -0.507 e. The highest BCUT2D eigenvalue weighted by Crippen LogP contribution is 2.33. The summed E-state index contributed by atoms with van der Waals surface area (Å²) in [7, 11) is 0. The average molecular weight is 314 g/mol. The summed E-state index contributed by atoms with van der Waals surface area (Å²) in [5, 5.41) is 10.2. The van der Waals surface area contributed by atoms with Gasteiger partial charge >= 0.3 is 0 Å². The topological polar surface area (TPSA) is 38.7 Å². The van der Waals surface area contributed by atoms with Gasteiger partial charge in [0.1, 0.15) is 17.2 Å². The predicted octanol–water partition coefficient (Wildman–Crippen LogP) is 5.42. The Bertz CT molecular complexity index is 590. The van der Waals surface area contributed by atoms with E-state index in [4.69, 9.17) is 9.47 Å². The fourth-order valence-corrected chi connectivity index (χ4v) is 2.24. The molecule has 124 valence electrons. The van der Waals surface area contributed by atoms with Gasteiger partial charge in [0.25, 0.3) is 0 Å². The van der Waals surface area contributed by atoms with Crippen LogP contribution in [0.5, 0.6) is 17.2 Å². The van der Waals surface area contributed by atoms with Gasteiger partial charge < -0.3 is 14.6 Å². The van der Waals surface area contributed by atoms with E-state index in [2.05, 4.69) is 13.8 Å². The van der Waals surface area contributed by atoms with Gasteiger partial charge in [-0.15, -0.1) is 0 Å². The van der Waals surface area contributed by atoms with E-state index in [0.717, 1.165) is 49.2 Å². The second-order valence-electron chi connectivity index (χ2n) is 5.61. The molecule has 0 heterocycles. The minimum absolute atomic E-state index is 0.235. The Morgan fingerprint density at radius 2 is 1.35 bits per heavy atom. The Morgan fingerprint density at radius 1 is 0.783 bits per heavy atom. The summed E-state index contributed by atoms with van der Waals surface area (Å²) in [6.45, 7) is 5.69. The van der Waals surface area contributed by atoms with Gasteiger partial charge in [0.05, 0.1) is 13.2 Å². The van der Waals surface area contributed by atoms with Crippen LogP contribution in [0.2, 0.25) is 0 Å². The Kier molecular flexibility index (Phi) is 6.79. The molecule has 0 aliphatic heterocycles. The molecular weight excluding hydrogens is 288 g/mol. The minimum atomic E-state index is 0.235. The zero-order valence-electron chi connectivity index (χ0n) is 14.0. The molecule has 2 rings (SSSR count). The van der Waals surface area contributed by atoms with Crippen LogP contribution in [-0.4, -0.2) is 18.3 Å². The summed E-state index contributed by atoms with van der Waals surface area (Å²) in [5.41, 5.74) is 1.76. The van der Waals surface area contributed by atoms with Gasteiger partial charge in [-0.3, -0.25) is 0 Å². The quantitative estimate of drug-likeness (QED) is 0.628. The van der Waals surface area contributed by atoms with E-state index >= 15 is 0 Å². The van der Waals surface area contributed by atoms with Crippen molar-refractivity contribution in [2.45, 2.75) is 39.5 Å². The lowest BCUT2D eigenvalue weighted by Gasteiger charge is -2.10. The SMILES string of the molecule is CCCCOc1ccc(-c2ccc(OCCCC)cc2O)cc1. The van der Waals surface area contributed by atoms with Crippen LogP contribution in [-0.2, 0) is 0 Å². The number of unbranched alkanes of at least 4 members (excludes halogenated alkanes) is 2. The monoisotopic (exact) mass is 314 g/mol. The number of phenolic OH excluding ortho intramolecular Hbond substituents is 1. The van der Waals surface area contributed by atoms with Gasteiger partial charge in [-0.25, -0.2) is 0 Å². The zero-order valence-corrected chi connectivity index (χ0v) is 14.0. The summed E-state index contributed by atoms with van der Waals surface area (Å²) in [6.07, 6.45) is 4.29. The first-order valence-electron chi connectivity index (χ1n) is 8.43. The van der Waals surface area contributed by atoms with Crippen molar-refractivity contribution < 1.29 is 14.6 Å². The second kappa shape index (κ2) is 9.09. The molecule has 0 fully saturated rings. The van der Waals surface area contributed by atoms with Gasteiger partial charge in [-0.2, -0.15) is 0 Å². The first-order valence-corrected chi connectivity index (χ1v) is 8.43. The molecule has 1 N–H and O–H groups in total. The molecule has 0 saturated carbocycles. The first kappa shape index (κ1) is 17.2. The van der Waals surface area contributed by atoms with Gasteiger partial charge in [0.15, 0.2) is 0 Å². The Hall–Kier alpha value is -2.16. The van der Waals surface area contributed by atoms with E-state index in [1.807, 2.05) is 36.4 Å². The number of benzene rings is 2. The van der Waals surface area contributed by atoms with Crippen LogP contribution in [0, 0.1) is 0 Å². The van der Waals surface area contributed by atoms with E-state index in [0.29, 0.717) is 12.4 Å². The van der Waals surface area contributed by atoms with Gasteiger partial charge in [-0.1, -0.05) is 38.8 Å². The van der Waals surface area contributed by atoms with Crippen molar-refractivity contribution in [2.75, 3.05) is 13.2 Å². The summed E-state index contributed by atoms with van der Waals surface area (Å²) in [5.74, 6) is 1.80. The molecule has 23 heavy (non-hydrogen) atoms. The van der Waals surface area contributed by atoms with Crippen molar-refractivity contribution in [1.29, 1.82) is 0 Å². The number of hydrogen-bond donors (Lipinski definition) is 1. The highest BCUT2D eigenvalue weighted by atomic mass is 16.5. The average Bonchev–Trinajstić information content (AvgIpc) is 2.56. The molecule has 0 spiro atoms. The molecule has 2 aromatic carbocycles. The number of hydrogen-bond acceptors (Lipinski definition) is 3. The van der Waals surface area contributed by atoms with Gasteiger partial charge in [0, 0.05) is 11.6 Å². The fourth-order valence-electron chi connectivity index (χ4n) is 2.24. The molecule has 3 heteroatoms. The first-order chi connectivity index (χ1) is 11.2. The molecule has 0 aromatic heterocycles. The zero-order chi connectivity index (χ0) is 16.5. The van der Waals surface area contributed by atoms with Crippen LogP contribution in [0.4, 0.5) is 0 Å². The van der Waals surface area contributed by atoms with Crippen molar-refractivity contribution in [3.63, 3.8) is 0 Å². The maximum atomic E-state index is 10.2. The van der Waals surface area contributed by atoms with Crippen molar-refractivity contribution in [1.82, 2.24) is 0 Å². The van der Waals surface area contributed by atoms with Crippen molar-refractivity contribution in [3.05, 3.63) is 42.5 Å². The molecule has 0 saturated heterocycles. The van der Waals surface area contributed by atoms with E-state index in [1.165, 1.54) is 0 Å².